The van der Waals surface area contributed by atoms with E-state index in [0.29, 0.717) is 16.8 Å². The summed E-state index contributed by atoms with van der Waals surface area (Å²) in [6.07, 6.45) is 0. The Balaban J connectivity index is 2.22. The van der Waals surface area contributed by atoms with E-state index in [1.165, 1.54) is 0 Å². The molecule has 0 unspecified atom stereocenters. The maximum absolute atomic E-state index is 12.3. The lowest BCUT2D eigenvalue weighted by Gasteiger charge is -2.16. The molecule has 1 N–H and O–H groups in total. The fourth-order valence-electron chi connectivity index (χ4n) is 1.88. The number of anilines is 2. The fourth-order valence-corrected chi connectivity index (χ4v) is 1.88. The fraction of sp³-hybridized carbons (Fsp3) is 0.125. The Kier molecular flexibility index (Phi) is 4.02. The molecule has 0 saturated heterocycles. The third kappa shape index (κ3) is 2.96. The minimum Gasteiger partial charge on any atom is -0.377 e. The van der Waals surface area contributed by atoms with Crippen LogP contribution in [0.1, 0.15) is 15.9 Å². The number of benzene rings is 2. The van der Waals surface area contributed by atoms with E-state index in [-0.39, 0.29) is 5.91 Å². The molecule has 100 valence electrons. The predicted octanol–water partition coefficient (Wildman–Crippen LogP) is 2.88. The zero-order valence-corrected chi connectivity index (χ0v) is 11.4. The van der Waals surface area contributed by atoms with E-state index < -0.39 is 0 Å². The summed E-state index contributed by atoms with van der Waals surface area (Å²) in [5.41, 5.74) is 2.71. The quantitative estimate of drug-likeness (QED) is 0.928. The first-order chi connectivity index (χ1) is 9.61. The third-order valence-electron chi connectivity index (χ3n) is 2.90. The maximum atomic E-state index is 12.3. The molecule has 0 aliphatic carbocycles. The Morgan fingerprint density at radius 1 is 1.10 bits per heavy atom. The van der Waals surface area contributed by atoms with Gasteiger partial charge in [-0.1, -0.05) is 12.1 Å². The van der Waals surface area contributed by atoms with Gasteiger partial charge in [-0.2, -0.15) is 5.26 Å². The van der Waals surface area contributed by atoms with Crippen LogP contribution in [0.4, 0.5) is 11.4 Å². The van der Waals surface area contributed by atoms with Gasteiger partial charge in [0.05, 0.1) is 17.2 Å². The number of nitrogens with zero attached hydrogens (tertiary/aromatic N) is 2. The Hall–Kier alpha value is -2.80. The van der Waals surface area contributed by atoms with Crippen LogP contribution < -0.4 is 10.2 Å². The molecule has 4 heteroatoms. The van der Waals surface area contributed by atoms with E-state index in [4.69, 9.17) is 5.26 Å². The smallest absolute Gasteiger partial charge is 0.257 e. The Bertz CT molecular complexity index is 654. The number of rotatable bonds is 3. The molecule has 0 heterocycles. The Morgan fingerprint density at radius 3 is 2.35 bits per heavy atom. The van der Waals surface area contributed by atoms with Crippen molar-refractivity contribution >= 4 is 17.3 Å². The van der Waals surface area contributed by atoms with Crippen molar-refractivity contribution in [2.45, 2.75) is 0 Å². The van der Waals surface area contributed by atoms with E-state index in [2.05, 4.69) is 5.32 Å². The molecule has 4 nitrogen and oxygen atoms in total. The minimum absolute atomic E-state index is 0.168. The molecular weight excluding hydrogens is 250 g/mol. The second-order valence-electron chi connectivity index (χ2n) is 4.55. The van der Waals surface area contributed by atoms with Crippen LogP contribution >= 0.6 is 0 Å². The molecule has 20 heavy (non-hydrogen) atoms. The summed E-state index contributed by atoms with van der Waals surface area (Å²) in [5, 5.41) is 11.6. The highest BCUT2D eigenvalue weighted by Gasteiger charge is 2.12. The zero-order chi connectivity index (χ0) is 14.5. The molecule has 0 aliphatic rings. The van der Waals surface area contributed by atoms with E-state index in [0.717, 1.165) is 5.69 Å². The Morgan fingerprint density at radius 2 is 1.75 bits per heavy atom. The van der Waals surface area contributed by atoms with E-state index in [1.807, 2.05) is 43.3 Å². The summed E-state index contributed by atoms with van der Waals surface area (Å²) in [7, 11) is 3.79. The van der Waals surface area contributed by atoms with Gasteiger partial charge >= 0.3 is 0 Å². The summed E-state index contributed by atoms with van der Waals surface area (Å²) in [6, 6.07) is 16.2. The highest BCUT2D eigenvalue weighted by Crippen LogP contribution is 2.19. The number of carbonyl (C=O) groups is 1. The SMILES string of the molecule is CN(C)c1ccccc1C(=O)Nc1ccc(C#N)cc1. The monoisotopic (exact) mass is 265 g/mol. The molecular formula is C16H15N3O. The van der Waals surface area contributed by atoms with Gasteiger partial charge in [-0.25, -0.2) is 0 Å². The molecule has 2 aromatic rings. The summed E-state index contributed by atoms with van der Waals surface area (Å²) < 4.78 is 0. The van der Waals surface area contributed by atoms with E-state index in [1.54, 1.807) is 30.3 Å². The van der Waals surface area contributed by atoms with Gasteiger partial charge in [-0.15, -0.1) is 0 Å². The van der Waals surface area contributed by atoms with Gasteiger partial charge in [-0.05, 0) is 36.4 Å². The number of amides is 1. The van der Waals surface area contributed by atoms with Gasteiger partial charge in [0.15, 0.2) is 0 Å². The van der Waals surface area contributed by atoms with Crippen LogP contribution in [0.5, 0.6) is 0 Å². The van der Waals surface area contributed by atoms with Crippen LogP contribution in [-0.4, -0.2) is 20.0 Å². The molecule has 0 aromatic heterocycles. The van der Waals surface area contributed by atoms with Crippen molar-refractivity contribution in [2.24, 2.45) is 0 Å². The van der Waals surface area contributed by atoms with Gasteiger partial charge in [0.25, 0.3) is 5.91 Å². The van der Waals surface area contributed by atoms with Gasteiger partial charge in [0.1, 0.15) is 0 Å². The molecule has 0 saturated carbocycles. The minimum atomic E-state index is -0.168. The molecule has 1 amide bonds. The summed E-state index contributed by atoms with van der Waals surface area (Å²) in [4.78, 5) is 14.2. The zero-order valence-electron chi connectivity index (χ0n) is 11.4. The highest BCUT2D eigenvalue weighted by molar-refractivity contribution is 6.08. The number of nitriles is 1. The number of carbonyl (C=O) groups excluding carboxylic acids is 1. The standard InChI is InChI=1S/C16H15N3O/c1-19(2)15-6-4-3-5-14(15)16(20)18-13-9-7-12(11-17)8-10-13/h3-10H,1-2H3,(H,18,20). The predicted molar refractivity (Wildman–Crippen MR) is 79.9 cm³/mol. The summed E-state index contributed by atoms with van der Waals surface area (Å²) in [5.74, 6) is -0.168. The lowest BCUT2D eigenvalue weighted by molar-refractivity contribution is 0.102. The van der Waals surface area contributed by atoms with Crippen molar-refractivity contribution < 1.29 is 4.79 Å². The largest absolute Gasteiger partial charge is 0.377 e. The van der Waals surface area contributed by atoms with Gasteiger partial charge < -0.3 is 10.2 Å². The first kappa shape index (κ1) is 13.6. The maximum Gasteiger partial charge on any atom is 0.257 e. The van der Waals surface area contributed by atoms with Gasteiger partial charge in [0, 0.05) is 25.5 Å². The molecule has 2 aromatic carbocycles. The van der Waals surface area contributed by atoms with Crippen molar-refractivity contribution in [3.8, 4) is 6.07 Å². The van der Waals surface area contributed by atoms with Crippen molar-refractivity contribution in [1.82, 2.24) is 0 Å². The summed E-state index contributed by atoms with van der Waals surface area (Å²) in [6.45, 7) is 0. The molecule has 0 aliphatic heterocycles. The van der Waals surface area contributed by atoms with Crippen LogP contribution in [0, 0.1) is 11.3 Å². The van der Waals surface area contributed by atoms with Crippen LogP contribution in [0.2, 0.25) is 0 Å². The van der Waals surface area contributed by atoms with E-state index >= 15 is 0 Å². The number of para-hydroxylation sites is 1. The van der Waals surface area contributed by atoms with Crippen molar-refractivity contribution in [1.29, 1.82) is 5.26 Å². The van der Waals surface area contributed by atoms with Crippen molar-refractivity contribution in [2.75, 3.05) is 24.3 Å². The second-order valence-corrected chi connectivity index (χ2v) is 4.55. The lowest BCUT2D eigenvalue weighted by Crippen LogP contribution is -2.18. The van der Waals surface area contributed by atoms with Gasteiger partial charge in [-0.3, -0.25) is 4.79 Å². The summed E-state index contributed by atoms with van der Waals surface area (Å²) >= 11 is 0. The number of hydrogen-bond acceptors (Lipinski definition) is 3. The first-order valence-corrected chi connectivity index (χ1v) is 6.19. The van der Waals surface area contributed by atoms with Crippen molar-refractivity contribution in [3.63, 3.8) is 0 Å². The topological polar surface area (TPSA) is 56.1 Å². The molecule has 0 radical (unpaired) electrons. The molecule has 0 spiro atoms. The number of hydrogen-bond donors (Lipinski definition) is 1. The van der Waals surface area contributed by atoms with Crippen LogP contribution in [-0.2, 0) is 0 Å². The highest BCUT2D eigenvalue weighted by atomic mass is 16.1. The van der Waals surface area contributed by atoms with Gasteiger partial charge in [0.2, 0.25) is 0 Å². The third-order valence-corrected chi connectivity index (χ3v) is 2.90. The molecule has 0 atom stereocenters. The average molecular weight is 265 g/mol. The van der Waals surface area contributed by atoms with Crippen LogP contribution in [0.25, 0.3) is 0 Å². The normalized spacial score (nSPS) is 9.65. The lowest BCUT2D eigenvalue weighted by atomic mass is 10.1. The molecule has 2 rings (SSSR count). The van der Waals surface area contributed by atoms with Crippen molar-refractivity contribution in [3.05, 3.63) is 59.7 Å². The Labute approximate surface area is 118 Å². The molecule has 0 fully saturated rings. The molecule has 0 bridgehead atoms. The first-order valence-electron chi connectivity index (χ1n) is 6.19. The van der Waals surface area contributed by atoms with Crippen LogP contribution in [0.15, 0.2) is 48.5 Å². The van der Waals surface area contributed by atoms with Crippen LogP contribution in [0.3, 0.4) is 0 Å². The second kappa shape index (κ2) is 5.89. The average Bonchev–Trinajstić information content (AvgIpc) is 2.48. The number of nitrogens with one attached hydrogen (secondary N) is 1. The van der Waals surface area contributed by atoms with E-state index in [9.17, 15) is 4.79 Å².